The van der Waals surface area contributed by atoms with Crippen molar-refractivity contribution in [1.82, 2.24) is 0 Å². The van der Waals surface area contributed by atoms with Crippen LogP contribution in [0, 0.1) is 22.7 Å². The molecular formula is C16H33. The maximum absolute atomic E-state index is 2.38. The van der Waals surface area contributed by atoms with E-state index in [1.54, 1.807) is 5.92 Å². The lowest BCUT2D eigenvalue weighted by molar-refractivity contribution is 0.202. The molecule has 0 bridgehead atoms. The maximum atomic E-state index is 2.38. The molecule has 0 fully saturated rings. The van der Waals surface area contributed by atoms with Crippen molar-refractivity contribution in [3.63, 3.8) is 0 Å². The topological polar surface area (TPSA) is 0 Å². The molecule has 0 saturated carbocycles. The minimum Gasteiger partial charge on any atom is -0.0654 e. The molecule has 0 aliphatic heterocycles. The van der Waals surface area contributed by atoms with Crippen LogP contribution in [-0.4, -0.2) is 0 Å². The third-order valence-corrected chi connectivity index (χ3v) is 3.42. The first-order valence-corrected chi connectivity index (χ1v) is 7.02. The molecule has 1 radical (unpaired) electrons. The summed E-state index contributed by atoms with van der Waals surface area (Å²) in [5.41, 5.74) is 0.680. The minimum atomic E-state index is 0.340. The molecule has 0 nitrogen and oxygen atoms in total. The molecule has 1 atom stereocenters. The van der Waals surface area contributed by atoms with E-state index >= 15 is 0 Å². The molecule has 97 valence electrons. The van der Waals surface area contributed by atoms with Crippen molar-refractivity contribution in [2.24, 2.45) is 16.7 Å². The van der Waals surface area contributed by atoms with Gasteiger partial charge in [-0.15, -0.1) is 0 Å². The van der Waals surface area contributed by atoms with E-state index in [0.717, 1.165) is 5.92 Å². The van der Waals surface area contributed by atoms with E-state index in [9.17, 15) is 0 Å². The van der Waals surface area contributed by atoms with E-state index in [2.05, 4.69) is 55.4 Å². The second-order valence-corrected chi connectivity index (χ2v) is 7.16. The summed E-state index contributed by atoms with van der Waals surface area (Å²) in [6.07, 6.45) is 5.35. The average molecular weight is 225 g/mol. The molecule has 0 aliphatic carbocycles. The number of hydrogen-bond acceptors (Lipinski definition) is 0. The Kier molecular flexibility index (Phi) is 6.07. The van der Waals surface area contributed by atoms with Gasteiger partial charge in [-0.25, -0.2) is 0 Å². The van der Waals surface area contributed by atoms with Gasteiger partial charge in [-0.1, -0.05) is 74.7 Å². The molecule has 0 N–H and O–H groups in total. The van der Waals surface area contributed by atoms with Crippen LogP contribution in [-0.2, 0) is 0 Å². The fourth-order valence-electron chi connectivity index (χ4n) is 3.35. The Hall–Kier alpha value is 0. The third-order valence-electron chi connectivity index (χ3n) is 3.42. The average Bonchev–Trinajstić information content (AvgIpc) is 2.07. The quantitative estimate of drug-likeness (QED) is 0.549. The minimum absolute atomic E-state index is 0.340. The smallest absolute Gasteiger partial charge is 0.0103 e. The van der Waals surface area contributed by atoms with Crippen LogP contribution in [0.15, 0.2) is 0 Å². The van der Waals surface area contributed by atoms with Crippen LogP contribution >= 0.6 is 0 Å². The van der Waals surface area contributed by atoms with Crippen LogP contribution in [0.5, 0.6) is 0 Å². The number of hydrogen-bond donors (Lipinski definition) is 0. The monoisotopic (exact) mass is 225 g/mol. The van der Waals surface area contributed by atoms with Crippen molar-refractivity contribution in [3.8, 4) is 0 Å². The van der Waals surface area contributed by atoms with Crippen molar-refractivity contribution in [2.45, 2.75) is 81.1 Å². The van der Waals surface area contributed by atoms with Crippen molar-refractivity contribution in [3.05, 3.63) is 5.92 Å². The van der Waals surface area contributed by atoms with Crippen molar-refractivity contribution in [2.75, 3.05) is 0 Å². The first-order valence-electron chi connectivity index (χ1n) is 7.02. The van der Waals surface area contributed by atoms with Gasteiger partial charge in [0.05, 0.1) is 0 Å². The molecule has 0 heterocycles. The predicted octanol–water partition coefficient (Wildman–Crippen LogP) is 5.87. The molecule has 0 spiro atoms. The Morgan fingerprint density at radius 2 is 1.31 bits per heavy atom. The lowest BCUT2D eigenvalue weighted by atomic mass is 9.59. The standard InChI is InChI=1S/C16H33/c1-9-11-12-13(10-2)14(15(3,4)5)16(6,7)8/h13H,9-12H2,1-8H3. The summed E-state index contributed by atoms with van der Waals surface area (Å²) in [6.45, 7) is 18.9. The van der Waals surface area contributed by atoms with Gasteiger partial charge in [0.1, 0.15) is 0 Å². The number of rotatable bonds is 5. The molecule has 0 aromatic carbocycles. The Labute approximate surface area is 104 Å². The highest BCUT2D eigenvalue weighted by atomic mass is 14.4. The Morgan fingerprint density at radius 1 is 0.875 bits per heavy atom. The van der Waals surface area contributed by atoms with Gasteiger partial charge in [-0.05, 0) is 29.1 Å². The fourth-order valence-corrected chi connectivity index (χ4v) is 3.35. The van der Waals surface area contributed by atoms with Crippen molar-refractivity contribution in [1.29, 1.82) is 0 Å². The van der Waals surface area contributed by atoms with E-state index in [4.69, 9.17) is 0 Å². The first-order chi connectivity index (χ1) is 7.14. The van der Waals surface area contributed by atoms with Gasteiger partial charge in [-0.2, -0.15) is 0 Å². The van der Waals surface area contributed by atoms with Crippen LogP contribution in [0.1, 0.15) is 81.1 Å². The van der Waals surface area contributed by atoms with E-state index in [1.165, 1.54) is 25.7 Å². The summed E-state index contributed by atoms with van der Waals surface area (Å²) in [5.74, 6) is 2.57. The van der Waals surface area contributed by atoms with Gasteiger partial charge >= 0.3 is 0 Å². The van der Waals surface area contributed by atoms with Gasteiger partial charge in [0.15, 0.2) is 0 Å². The fraction of sp³-hybridized carbons (Fsp3) is 0.938. The highest BCUT2D eigenvalue weighted by Crippen LogP contribution is 2.49. The van der Waals surface area contributed by atoms with Crippen LogP contribution < -0.4 is 0 Å². The van der Waals surface area contributed by atoms with Crippen LogP contribution in [0.2, 0.25) is 0 Å². The molecule has 1 unspecified atom stereocenters. The van der Waals surface area contributed by atoms with Crippen LogP contribution in [0.25, 0.3) is 0 Å². The molecule has 0 aromatic heterocycles. The summed E-state index contributed by atoms with van der Waals surface area (Å²) in [5, 5.41) is 0. The summed E-state index contributed by atoms with van der Waals surface area (Å²) < 4.78 is 0. The second-order valence-electron chi connectivity index (χ2n) is 7.16. The van der Waals surface area contributed by atoms with Gasteiger partial charge in [0.2, 0.25) is 0 Å². The third kappa shape index (κ3) is 4.89. The van der Waals surface area contributed by atoms with Crippen LogP contribution in [0.3, 0.4) is 0 Å². The van der Waals surface area contributed by atoms with Crippen molar-refractivity contribution >= 4 is 0 Å². The lowest BCUT2D eigenvalue weighted by Crippen LogP contribution is -2.36. The molecular weight excluding hydrogens is 192 g/mol. The molecule has 0 heteroatoms. The SMILES string of the molecule is CCCCC(CC)[C](C(C)(C)C)C(C)(C)C. The molecule has 0 rings (SSSR count). The molecule has 0 saturated heterocycles. The van der Waals surface area contributed by atoms with Crippen molar-refractivity contribution < 1.29 is 0 Å². The Balaban J connectivity index is 4.86. The van der Waals surface area contributed by atoms with Gasteiger partial charge in [-0.3, -0.25) is 0 Å². The van der Waals surface area contributed by atoms with E-state index in [0.29, 0.717) is 10.8 Å². The van der Waals surface area contributed by atoms with Gasteiger partial charge < -0.3 is 0 Å². The normalized spacial score (nSPS) is 15.6. The summed E-state index contributed by atoms with van der Waals surface area (Å²) in [4.78, 5) is 0. The van der Waals surface area contributed by atoms with Gasteiger partial charge in [0.25, 0.3) is 0 Å². The zero-order chi connectivity index (χ0) is 13.0. The molecule has 16 heavy (non-hydrogen) atoms. The molecule has 0 aromatic rings. The molecule has 0 aliphatic rings. The number of unbranched alkanes of at least 4 members (excludes halogenated alkanes) is 1. The maximum Gasteiger partial charge on any atom is -0.0103 e. The zero-order valence-electron chi connectivity index (χ0n) is 12.9. The highest BCUT2D eigenvalue weighted by Gasteiger charge is 2.39. The first kappa shape index (κ1) is 16.0. The Morgan fingerprint density at radius 3 is 1.56 bits per heavy atom. The predicted molar refractivity (Wildman–Crippen MR) is 75.5 cm³/mol. The van der Waals surface area contributed by atoms with E-state index < -0.39 is 0 Å². The summed E-state index contributed by atoms with van der Waals surface area (Å²) in [6, 6.07) is 0. The van der Waals surface area contributed by atoms with E-state index in [-0.39, 0.29) is 0 Å². The second kappa shape index (κ2) is 6.07. The van der Waals surface area contributed by atoms with E-state index in [1.807, 2.05) is 0 Å². The van der Waals surface area contributed by atoms with Crippen LogP contribution in [0.4, 0.5) is 0 Å². The Bertz CT molecular complexity index is 163. The zero-order valence-corrected chi connectivity index (χ0v) is 12.9. The summed E-state index contributed by atoms with van der Waals surface area (Å²) >= 11 is 0. The van der Waals surface area contributed by atoms with Gasteiger partial charge in [0, 0.05) is 0 Å². The lowest BCUT2D eigenvalue weighted by Gasteiger charge is -2.45. The summed E-state index contributed by atoms with van der Waals surface area (Å²) in [7, 11) is 0. The largest absolute Gasteiger partial charge is 0.0654 e. The highest BCUT2D eigenvalue weighted by molar-refractivity contribution is 5.12. The molecule has 0 amide bonds.